The van der Waals surface area contributed by atoms with E-state index in [0.717, 1.165) is 29.2 Å². The van der Waals surface area contributed by atoms with Gasteiger partial charge in [0.25, 0.3) is 0 Å². The van der Waals surface area contributed by atoms with Gasteiger partial charge < -0.3 is 5.32 Å². The number of benzene rings is 2. The molecule has 24 heavy (non-hydrogen) atoms. The zero-order valence-corrected chi connectivity index (χ0v) is 12.4. The largest absolute Gasteiger partial charge is 0.355 e. The van der Waals surface area contributed by atoms with Gasteiger partial charge in [0.15, 0.2) is 11.6 Å². The van der Waals surface area contributed by atoms with Crippen LogP contribution < -0.4 is 10.2 Å². The summed E-state index contributed by atoms with van der Waals surface area (Å²) in [6.07, 6.45) is 0.256. The van der Waals surface area contributed by atoms with Crippen molar-refractivity contribution in [2.75, 3.05) is 11.4 Å². The van der Waals surface area contributed by atoms with Crippen molar-refractivity contribution in [2.24, 2.45) is 5.92 Å². The maximum absolute atomic E-state index is 14.2. The molecule has 1 aliphatic rings. The molecule has 0 saturated carbocycles. The lowest BCUT2D eigenvalue weighted by atomic mass is 10.0. The quantitative estimate of drug-likeness (QED) is 0.878. The second-order valence-electron chi connectivity index (χ2n) is 5.36. The molecule has 0 bridgehead atoms. The van der Waals surface area contributed by atoms with Crippen LogP contribution in [-0.2, 0) is 9.59 Å². The summed E-state index contributed by atoms with van der Waals surface area (Å²) < 4.78 is 41.0. The normalized spacial score (nSPS) is 16.8. The summed E-state index contributed by atoms with van der Waals surface area (Å²) in [5.74, 6) is -5.13. The van der Waals surface area contributed by atoms with Crippen molar-refractivity contribution in [3.05, 3.63) is 59.9 Å². The Labute approximate surface area is 135 Å². The molecule has 0 aromatic heterocycles. The van der Waals surface area contributed by atoms with E-state index in [1.807, 2.05) is 0 Å². The number of anilines is 2. The number of para-hydroxylation sites is 1. The fourth-order valence-electron chi connectivity index (χ4n) is 2.63. The molecule has 3 rings (SSSR count). The Morgan fingerprint density at radius 1 is 1.04 bits per heavy atom. The summed E-state index contributed by atoms with van der Waals surface area (Å²) in [5, 5.41) is 2.53. The Kier molecular flexibility index (Phi) is 4.24. The summed E-state index contributed by atoms with van der Waals surface area (Å²) in [6, 6.07) is 8.23. The average Bonchev–Trinajstić information content (AvgIpc) is 2.99. The fourth-order valence-corrected chi connectivity index (χ4v) is 2.63. The van der Waals surface area contributed by atoms with E-state index in [-0.39, 0.29) is 17.8 Å². The van der Waals surface area contributed by atoms with E-state index in [2.05, 4.69) is 5.32 Å². The number of hydrogen-bond acceptors (Lipinski definition) is 2. The Morgan fingerprint density at radius 2 is 1.79 bits per heavy atom. The van der Waals surface area contributed by atoms with Gasteiger partial charge in [0, 0.05) is 12.6 Å². The van der Waals surface area contributed by atoms with Gasteiger partial charge in [-0.2, -0.15) is 0 Å². The number of carbonyl (C=O) groups excluding carboxylic acids is 2. The van der Waals surface area contributed by atoms with E-state index in [1.165, 1.54) is 18.2 Å². The fraction of sp³-hybridized carbons (Fsp3) is 0.176. The molecule has 2 aromatic carbocycles. The maximum Gasteiger partial charge on any atom is 0.244 e. The lowest BCUT2D eigenvalue weighted by Crippen LogP contribution is -2.37. The Bertz CT molecular complexity index is 810. The molecular weight excluding hydrogens is 321 g/mol. The number of nitrogens with zero attached hydrogens (tertiary/aromatic N) is 1. The zero-order valence-electron chi connectivity index (χ0n) is 12.4. The number of rotatable bonds is 3. The van der Waals surface area contributed by atoms with Crippen LogP contribution in [0.25, 0.3) is 0 Å². The minimum Gasteiger partial charge on any atom is -0.355 e. The predicted molar refractivity (Wildman–Crippen MR) is 81.0 cm³/mol. The van der Waals surface area contributed by atoms with E-state index in [9.17, 15) is 22.8 Å². The summed E-state index contributed by atoms with van der Waals surface area (Å²) >= 11 is 0. The molecule has 2 aromatic rings. The second kappa shape index (κ2) is 6.35. The zero-order chi connectivity index (χ0) is 17.3. The van der Waals surface area contributed by atoms with Crippen molar-refractivity contribution in [1.82, 2.24) is 5.32 Å². The maximum atomic E-state index is 14.2. The number of amides is 2. The van der Waals surface area contributed by atoms with Crippen LogP contribution in [0.2, 0.25) is 0 Å². The van der Waals surface area contributed by atoms with Crippen LogP contribution in [0.5, 0.6) is 0 Å². The molecule has 7 heteroatoms. The lowest BCUT2D eigenvalue weighted by molar-refractivity contribution is -0.131. The van der Waals surface area contributed by atoms with Crippen LogP contribution >= 0.6 is 0 Å². The first kappa shape index (κ1) is 16.0. The smallest absolute Gasteiger partial charge is 0.244 e. The first-order valence-corrected chi connectivity index (χ1v) is 7.30. The monoisotopic (exact) mass is 334 g/mol. The van der Waals surface area contributed by atoms with Crippen LogP contribution in [0.15, 0.2) is 42.5 Å². The third-order valence-electron chi connectivity index (χ3n) is 3.82. The van der Waals surface area contributed by atoms with Crippen molar-refractivity contribution in [3.8, 4) is 0 Å². The molecule has 124 valence electrons. The molecule has 0 radical (unpaired) electrons. The van der Waals surface area contributed by atoms with E-state index < -0.39 is 35.2 Å². The molecule has 1 saturated heterocycles. The number of nitrogens with one attached hydrogen (secondary N) is 1. The molecule has 4 nitrogen and oxygen atoms in total. The van der Waals surface area contributed by atoms with Gasteiger partial charge in [0.05, 0.1) is 11.4 Å². The van der Waals surface area contributed by atoms with Crippen LogP contribution in [0.1, 0.15) is 6.42 Å². The van der Waals surface area contributed by atoms with Crippen molar-refractivity contribution in [1.29, 1.82) is 0 Å². The van der Waals surface area contributed by atoms with Crippen LogP contribution in [-0.4, -0.2) is 18.4 Å². The van der Waals surface area contributed by atoms with Crippen molar-refractivity contribution < 1.29 is 22.8 Å². The topological polar surface area (TPSA) is 49.4 Å². The molecule has 2 amide bonds. The van der Waals surface area contributed by atoms with Gasteiger partial charge in [-0.15, -0.1) is 0 Å². The molecule has 1 heterocycles. The van der Waals surface area contributed by atoms with E-state index in [1.54, 1.807) is 0 Å². The second-order valence-corrected chi connectivity index (χ2v) is 5.36. The standard InChI is InChI=1S/C17H13F3N2O2/c18-12-6-5-10(9-14(12)20)22(15-4-2-1-3-13(15)19)17(24)11-7-8-21-16(11)23/h1-6,9,11H,7-8H2,(H,21,23). The van der Waals surface area contributed by atoms with Crippen LogP contribution in [0, 0.1) is 23.4 Å². The van der Waals surface area contributed by atoms with Gasteiger partial charge in [-0.05, 0) is 30.7 Å². The Hall–Kier alpha value is -2.83. The van der Waals surface area contributed by atoms with Crippen molar-refractivity contribution in [2.45, 2.75) is 6.42 Å². The highest BCUT2D eigenvalue weighted by molar-refractivity contribution is 6.12. The molecule has 1 fully saturated rings. The van der Waals surface area contributed by atoms with Crippen LogP contribution in [0.4, 0.5) is 24.5 Å². The molecule has 1 atom stereocenters. The minimum absolute atomic E-state index is 0.0521. The van der Waals surface area contributed by atoms with Gasteiger partial charge in [0.1, 0.15) is 11.7 Å². The van der Waals surface area contributed by atoms with E-state index >= 15 is 0 Å². The molecule has 1 N–H and O–H groups in total. The molecule has 1 unspecified atom stereocenters. The minimum atomic E-state index is -1.17. The van der Waals surface area contributed by atoms with Crippen LogP contribution in [0.3, 0.4) is 0 Å². The summed E-state index contributed by atoms with van der Waals surface area (Å²) in [6.45, 7) is 0.331. The molecule has 1 aliphatic heterocycles. The number of carbonyl (C=O) groups is 2. The highest BCUT2D eigenvalue weighted by Gasteiger charge is 2.36. The summed E-state index contributed by atoms with van der Waals surface area (Å²) in [7, 11) is 0. The third kappa shape index (κ3) is 2.84. The first-order chi connectivity index (χ1) is 11.5. The van der Waals surface area contributed by atoms with Gasteiger partial charge in [-0.3, -0.25) is 14.5 Å². The highest BCUT2D eigenvalue weighted by atomic mass is 19.2. The van der Waals surface area contributed by atoms with E-state index in [4.69, 9.17) is 0 Å². The first-order valence-electron chi connectivity index (χ1n) is 7.30. The van der Waals surface area contributed by atoms with Gasteiger partial charge in [-0.1, -0.05) is 12.1 Å². The van der Waals surface area contributed by atoms with Gasteiger partial charge in [-0.25, -0.2) is 13.2 Å². The summed E-state index contributed by atoms with van der Waals surface area (Å²) in [5.41, 5.74) is -0.183. The Balaban J connectivity index is 2.10. The van der Waals surface area contributed by atoms with Gasteiger partial charge in [0.2, 0.25) is 11.8 Å². The van der Waals surface area contributed by atoms with Crippen molar-refractivity contribution >= 4 is 23.2 Å². The highest BCUT2D eigenvalue weighted by Crippen LogP contribution is 2.31. The lowest BCUT2D eigenvalue weighted by Gasteiger charge is -2.25. The number of hydrogen-bond donors (Lipinski definition) is 1. The third-order valence-corrected chi connectivity index (χ3v) is 3.82. The Morgan fingerprint density at radius 3 is 2.42 bits per heavy atom. The van der Waals surface area contributed by atoms with E-state index in [0.29, 0.717) is 6.54 Å². The van der Waals surface area contributed by atoms with Crippen molar-refractivity contribution in [3.63, 3.8) is 0 Å². The van der Waals surface area contributed by atoms with Gasteiger partial charge >= 0.3 is 0 Å². The predicted octanol–water partition coefficient (Wildman–Crippen LogP) is 2.90. The summed E-state index contributed by atoms with van der Waals surface area (Å²) in [4.78, 5) is 25.5. The molecule has 0 spiro atoms. The average molecular weight is 334 g/mol. The number of halogens is 3. The SMILES string of the molecule is O=C1NCCC1C(=O)N(c1ccc(F)c(F)c1)c1ccccc1F. The molecule has 0 aliphatic carbocycles. The molecular formula is C17H13F3N2O2.